The van der Waals surface area contributed by atoms with E-state index in [1.165, 1.54) is 23.0 Å². The molecule has 2 heterocycles. The van der Waals surface area contributed by atoms with Gasteiger partial charge in [-0.25, -0.2) is 19.8 Å². The van der Waals surface area contributed by atoms with Crippen LogP contribution in [-0.2, 0) is 4.84 Å². The number of fused-ring (bicyclic) bond motifs is 1. The summed E-state index contributed by atoms with van der Waals surface area (Å²) in [6.45, 7) is 1.42. The highest BCUT2D eigenvalue weighted by atomic mass is 35.5. The number of aliphatic hydroxyl groups excluding tert-OH is 1. The number of benzene rings is 1. The standard InChI is InChI=1S/C16H15ClFN5O3/c1-9-2-3-12(11(18)6-9)20-15-13(16(25)22-26-5-4-24)21-14-10(17)7-19-8-23(14)15/h2-3,6-8,20,24H,4-5H2,1H3,(H,22,25). The van der Waals surface area contributed by atoms with Crippen molar-refractivity contribution in [3.63, 3.8) is 0 Å². The highest BCUT2D eigenvalue weighted by Gasteiger charge is 2.22. The van der Waals surface area contributed by atoms with Gasteiger partial charge in [0.25, 0.3) is 5.91 Å². The number of hydrogen-bond acceptors (Lipinski definition) is 6. The van der Waals surface area contributed by atoms with Crippen LogP contribution in [0.5, 0.6) is 0 Å². The van der Waals surface area contributed by atoms with Gasteiger partial charge in [-0.3, -0.25) is 14.0 Å². The molecule has 1 amide bonds. The Hall–Kier alpha value is -2.75. The maximum absolute atomic E-state index is 14.2. The lowest BCUT2D eigenvalue weighted by Gasteiger charge is -2.10. The van der Waals surface area contributed by atoms with E-state index in [1.807, 2.05) is 0 Å². The van der Waals surface area contributed by atoms with Crippen LogP contribution in [0.2, 0.25) is 5.02 Å². The third-order valence-corrected chi connectivity index (χ3v) is 3.71. The second kappa shape index (κ2) is 7.65. The second-order valence-corrected chi connectivity index (χ2v) is 5.76. The smallest absolute Gasteiger partial charge is 0.297 e. The van der Waals surface area contributed by atoms with Gasteiger partial charge < -0.3 is 10.4 Å². The summed E-state index contributed by atoms with van der Waals surface area (Å²) in [6.07, 6.45) is 2.78. The predicted molar refractivity (Wildman–Crippen MR) is 92.9 cm³/mol. The Balaban J connectivity index is 2.04. The zero-order valence-electron chi connectivity index (χ0n) is 13.7. The Kier molecular flexibility index (Phi) is 5.31. The number of anilines is 2. The predicted octanol–water partition coefficient (Wildman–Crippen LogP) is 2.23. The number of aryl methyl sites for hydroxylation is 1. The minimum Gasteiger partial charge on any atom is -0.394 e. The minimum atomic E-state index is -0.687. The van der Waals surface area contributed by atoms with Gasteiger partial charge in [-0.15, -0.1) is 0 Å². The third-order valence-electron chi connectivity index (χ3n) is 3.45. The van der Waals surface area contributed by atoms with Crippen molar-refractivity contribution in [3.8, 4) is 0 Å². The second-order valence-electron chi connectivity index (χ2n) is 5.36. The van der Waals surface area contributed by atoms with Crippen LogP contribution in [0.25, 0.3) is 5.65 Å². The van der Waals surface area contributed by atoms with Crippen molar-refractivity contribution in [3.05, 3.63) is 52.8 Å². The molecule has 10 heteroatoms. The average molecular weight is 380 g/mol. The molecular weight excluding hydrogens is 365 g/mol. The summed E-state index contributed by atoms with van der Waals surface area (Å²) < 4.78 is 15.6. The summed E-state index contributed by atoms with van der Waals surface area (Å²) >= 11 is 6.09. The molecule has 8 nitrogen and oxygen atoms in total. The maximum Gasteiger partial charge on any atom is 0.297 e. The Morgan fingerprint density at radius 1 is 1.46 bits per heavy atom. The van der Waals surface area contributed by atoms with Crippen molar-refractivity contribution in [2.24, 2.45) is 0 Å². The summed E-state index contributed by atoms with van der Waals surface area (Å²) in [4.78, 5) is 25.3. The fourth-order valence-corrected chi connectivity index (χ4v) is 2.46. The summed E-state index contributed by atoms with van der Waals surface area (Å²) in [6, 6.07) is 4.64. The topological polar surface area (TPSA) is 101 Å². The number of carbonyl (C=O) groups is 1. The summed E-state index contributed by atoms with van der Waals surface area (Å²) in [7, 11) is 0. The number of nitrogens with zero attached hydrogens (tertiary/aromatic N) is 3. The zero-order valence-corrected chi connectivity index (χ0v) is 14.4. The molecule has 3 N–H and O–H groups in total. The van der Waals surface area contributed by atoms with Gasteiger partial charge >= 0.3 is 0 Å². The number of hydrogen-bond donors (Lipinski definition) is 3. The molecule has 2 aromatic heterocycles. The molecule has 0 saturated carbocycles. The van der Waals surface area contributed by atoms with Gasteiger partial charge in [-0.1, -0.05) is 17.7 Å². The van der Waals surface area contributed by atoms with Gasteiger partial charge in [0.05, 0.1) is 25.1 Å². The molecule has 0 fully saturated rings. The summed E-state index contributed by atoms with van der Waals surface area (Å²) in [5, 5.41) is 11.8. The maximum atomic E-state index is 14.2. The number of carbonyl (C=O) groups excluding carboxylic acids is 1. The van der Waals surface area contributed by atoms with Crippen molar-refractivity contribution in [2.75, 3.05) is 18.5 Å². The summed E-state index contributed by atoms with van der Waals surface area (Å²) in [5.41, 5.74) is 3.27. The fraction of sp³-hybridized carbons (Fsp3) is 0.188. The van der Waals surface area contributed by atoms with E-state index in [2.05, 4.69) is 20.8 Å². The number of imidazole rings is 1. The van der Waals surface area contributed by atoms with E-state index in [1.54, 1.807) is 19.1 Å². The average Bonchev–Trinajstić information content (AvgIpc) is 2.98. The van der Waals surface area contributed by atoms with Gasteiger partial charge in [0.2, 0.25) is 0 Å². The normalized spacial score (nSPS) is 10.9. The van der Waals surface area contributed by atoms with Crippen molar-refractivity contribution in [1.82, 2.24) is 19.8 Å². The Bertz CT molecular complexity index is 962. The molecule has 3 rings (SSSR count). The molecule has 0 saturated heterocycles. The lowest BCUT2D eigenvalue weighted by atomic mass is 10.2. The molecular formula is C16H15ClFN5O3. The number of halogens is 2. The van der Waals surface area contributed by atoms with Crippen molar-refractivity contribution in [2.45, 2.75) is 6.92 Å². The molecule has 0 aliphatic heterocycles. The molecule has 26 heavy (non-hydrogen) atoms. The number of aromatic nitrogens is 3. The van der Waals surface area contributed by atoms with Crippen LogP contribution < -0.4 is 10.8 Å². The van der Waals surface area contributed by atoms with Gasteiger partial charge in [0, 0.05) is 0 Å². The largest absolute Gasteiger partial charge is 0.394 e. The highest BCUT2D eigenvalue weighted by molar-refractivity contribution is 6.33. The zero-order chi connectivity index (χ0) is 18.7. The van der Waals surface area contributed by atoms with Gasteiger partial charge in [0.15, 0.2) is 11.3 Å². The molecule has 1 aromatic carbocycles. The van der Waals surface area contributed by atoms with Gasteiger partial charge in [-0.2, -0.15) is 0 Å². The summed E-state index contributed by atoms with van der Waals surface area (Å²) in [5.74, 6) is -1.01. The number of hydroxylamine groups is 1. The van der Waals surface area contributed by atoms with E-state index in [4.69, 9.17) is 21.5 Å². The van der Waals surface area contributed by atoms with Crippen LogP contribution in [0.15, 0.2) is 30.7 Å². The Morgan fingerprint density at radius 2 is 2.27 bits per heavy atom. The van der Waals surface area contributed by atoms with Crippen molar-refractivity contribution >= 4 is 34.7 Å². The first-order chi connectivity index (χ1) is 12.5. The fourth-order valence-electron chi connectivity index (χ4n) is 2.27. The molecule has 0 aliphatic rings. The van der Waals surface area contributed by atoms with Crippen LogP contribution >= 0.6 is 11.6 Å². The van der Waals surface area contributed by atoms with Crippen molar-refractivity contribution < 1.29 is 19.1 Å². The van der Waals surface area contributed by atoms with E-state index in [0.29, 0.717) is 0 Å². The lowest BCUT2D eigenvalue weighted by Crippen LogP contribution is -2.26. The number of nitrogens with one attached hydrogen (secondary N) is 2. The molecule has 0 aliphatic carbocycles. The molecule has 136 valence electrons. The van der Waals surface area contributed by atoms with Gasteiger partial charge in [0.1, 0.15) is 23.0 Å². The van der Waals surface area contributed by atoms with Crippen LogP contribution in [0, 0.1) is 12.7 Å². The van der Waals surface area contributed by atoms with E-state index >= 15 is 0 Å². The van der Waals surface area contributed by atoms with E-state index in [-0.39, 0.29) is 41.1 Å². The first-order valence-corrected chi connectivity index (χ1v) is 7.96. The first kappa shape index (κ1) is 18.1. The van der Waals surface area contributed by atoms with Crippen LogP contribution in [0.1, 0.15) is 16.1 Å². The molecule has 0 bridgehead atoms. The van der Waals surface area contributed by atoms with Gasteiger partial charge in [-0.05, 0) is 24.6 Å². The van der Waals surface area contributed by atoms with Crippen LogP contribution in [-0.4, -0.2) is 38.6 Å². The number of amides is 1. The first-order valence-electron chi connectivity index (χ1n) is 7.59. The number of aliphatic hydroxyl groups is 1. The lowest BCUT2D eigenvalue weighted by molar-refractivity contribution is 0.0166. The Labute approximate surface area is 152 Å². The SMILES string of the molecule is Cc1ccc(Nc2c(C(=O)NOCCO)nc3c(Cl)cncn23)c(F)c1. The highest BCUT2D eigenvalue weighted by Crippen LogP contribution is 2.27. The molecule has 0 radical (unpaired) electrons. The molecule has 0 atom stereocenters. The van der Waals surface area contributed by atoms with E-state index in [9.17, 15) is 9.18 Å². The molecule has 0 spiro atoms. The van der Waals surface area contributed by atoms with E-state index < -0.39 is 11.7 Å². The quantitative estimate of drug-likeness (QED) is 0.448. The Morgan fingerprint density at radius 3 is 3.00 bits per heavy atom. The molecule has 0 unspecified atom stereocenters. The molecule has 3 aromatic rings. The van der Waals surface area contributed by atoms with E-state index in [0.717, 1.165) is 5.56 Å². The monoisotopic (exact) mass is 379 g/mol. The number of rotatable bonds is 6. The minimum absolute atomic E-state index is 0.0715. The third kappa shape index (κ3) is 3.59. The van der Waals surface area contributed by atoms with Crippen LogP contribution in [0.4, 0.5) is 15.9 Å². The van der Waals surface area contributed by atoms with Crippen LogP contribution in [0.3, 0.4) is 0 Å². The van der Waals surface area contributed by atoms with Crippen molar-refractivity contribution in [1.29, 1.82) is 0 Å².